The van der Waals surface area contributed by atoms with Crippen molar-refractivity contribution in [1.82, 2.24) is 4.98 Å². The first kappa shape index (κ1) is 16.6. The summed E-state index contributed by atoms with van der Waals surface area (Å²) in [7, 11) is 0. The largest absolute Gasteiger partial charge is 0.461 e. The highest BCUT2D eigenvalue weighted by molar-refractivity contribution is 7.17. The van der Waals surface area contributed by atoms with Crippen LogP contribution in [0.25, 0.3) is 0 Å². The van der Waals surface area contributed by atoms with Crippen molar-refractivity contribution >= 4 is 28.2 Å². The number of thiazole rings is 1. The molecule has 0 aromatic carbocycles. The van der Waals surface area contributed by atoms with E-state index in [2.05, 4.69) is 31.1 Å². The molecule has 1 N–H and O–H groups in total. The zero-order valence-corrected chi connectivity index (χ0v) is 13.5. The summed E-state index contributed by atoms with van der Waals surface area (Å²) < 4.78 is 4.93. The molecule has 0 aliphatic carbocycles. The monoisotopic (exact) mass is 298 g/mol. The van der Waals surface area contributed by atoms with Gasteiger partial charge in [-0.1, -0.05) is 31.6 Å². The smallest absolute Gasteiger partial charge is 0.358 e. The summed E-state index contributed by atoms with van der Waals surface area (Å²) in [6.45, 7) is 9.74. The molecule has 5 nitrogen and oxygen atoms in total. The number of carbonyl (C=O) groups is 2. The molecule has 0 aliphatic rings. The quantitative estimate of drug-likeness (QED) is 0.617. The van der Waals surface area contributed by atoms with Crippen LogP contribution in [0.15, 0.2) is 0 Å². The third-order valence-electron chi connectivity index (χ3n) is 3.26. The minimum atomic E-state index is -0.543. The number of Topliss-reactive ketones (excluding diaryl/α,β-unsaturated/α-hetero) is 1. The normalized spacial score (nSPS) is 13.7. The van der Waals surface area contributed by atoms with Crippen LogP contribution in [0.3, 0.4) is 0 Å². The Morgan fingerprint density at radius 3 is 2.50 bits per heavy atom. The van der Waals surface area contributed by atoms with Crippen LogP contribution in [-0.2, 0) is 4.74 Å². The fraction of sp³-hybridized carbons (Fsp3) is 0.643. The summed E-state index contributed by atoms with van der Waals surface area (Å²) in [6, 6.07) is 0.223. The van der Waals surface area contributed by atoms with Crippen molar-refractivity contribution in [1.29, 1.82) is 0 Å². The highest BCUT2D eigenvalue weighted by atomic mass is 32.1. The van der Waals surface area contributed by atoms with Crippen molar-refractivity contribution in [2.45, 2.75) is 47.1 Å². The maximum Gasteiger partial charge on any atom is 0.358 e. The van der Waals surface area contributed by atoms with Gasteiger partial charge in [0.15, 0.2) is 16.6 Å². The predicted octanol–water partition coefficient (Wildman–Crippen LogP) is 3.37. The number of anilines is 1. The highest BCUT2D eigenvalue weighted by Crippen LogP contribution is 2.26. The summed E-state index contributed by atoms with van der Waals surface area (Å²) >= 11 is 1.21. The molecule has 0 radical (unpaired) electrons. The number of nitrogens with zero attached hydrogens (tertiary/aromatic N) is 1. The minimum absolute atomic E-state index is 0.114. The van der Waals surface area contributed by atoms with Crippen LogP contribution in [0.2, 0.25) is 0 Å². The Labute approximate surface area is 123 Å². The zero-order valence-electron chi connectivity index (χ0n) is 12.6. The second kappa shape index (κ2) is 7.38. The number of rotatable bonds is 7. The van der Waals surface area contributed by atoms with Gasteiger partial charge in [-0.3, -0.25) is 4.79 Å². The maximum atomic E-state index is 11.8. The lowest BCUT2D eigenvalue weighted by Crippen LogP contribution is -2.23. The molecule has 2 atom stereocenters. The van der Waals surface area contributed by atoms with Crippen molar-refractivity contribution in [2.75, 3.05) is 11.9 Å². The second-order valence-electron chi connectivity index (χ2n) is 4.79. The Hall–Kier alpha value is -1.43. The van der Waals surface area contributed by atoms with Crippen LogP contribution in [0.1, 0.15) is 61.2 Å². The van der Waals surface area contributed by atoms with Crippen molar-refractivity contribution in [3.63, 3.8) is 0 Å². The van der Waals surface area contributed by atoms with Crippen molar-refractivity contribution < 1.29 is 14.3 Å². The van der Waals surface area contributed by atoms with E-state index in [1.807, 2.05) is 0 Å². The average molecular weight is 298 g/mol. The van der Waals surface area contributed by atoms with Gasteiger partial charge in [-0.25, -0.2) is 9.78 Å². The lowest BCUT2D eigenvalue weighted by Gasteiger charge is -2.18. The molecule has 112 valence electrons. The lowest BCUT2D eigenvalue weighted by molar-refractivity contribution is 0.0517. The van der Waals surface area contributed by atoms with Gasteiger partial charge in [0.25, 0.3) is 0 Å². The average Bonchev–Trinajstić information content (AvgIpc) is 2.82. The summed E-state index contributed by atoms with van der Waals surface area (Å²) in [6.07, 6.45) is 1.05. The number of carbonyl (C=O) groups excluding carboxylic acids is 2. The third kappa shape index (κ3) is 4.03. The van der Waals surface area contributed by atoms with Crippen LogP contribution in [0.4, 0.5) is 5.13 Å². The van der Waals surface area contributed by atoms with Gasteiger partial charge in [0.1, 0.15) is 4.88 Å². The number of esters is 1. The fourth-order valence-electron chi connectivity index (χ4n) is 1.65. The highest BCUT2D eigenvalue weighted by Gasteiger charge is 2.23. The van der Waals surface area contributed by atoms with Gasteiger partial charge < -0.3 is 10.1 Å². The van der Waals surface area contributed by atoms with Crippen LogP contribution in [-0.4, -0.2) is 29.4 Å². The molecule has 2 unspecified atom stereocenters. The van der Waals surface area contributed by atoms with Gasteiger partial charge in [-0.15, -0.1) is 0 Å². The molecule has 0 bridgehead atoms. The van der Waals surface area contributed by atoms with E-state index in [0.29, 0.717) is 15.9 Å². The molecule has 0 saturated heterocycles. The van der Waals surface area contributed by atoms with E-state index in [1.165, 1.54) is 18.3 Å². The number of nitrogens with one attached hydrogen (secondary N) is 1. The molecular formula is C14H22N2O3S. The third-order valence-corrected chi connectivity index (χ3v) is 4.35. The first-order chi connectivity index (χ1) is 9.40. The molecule has 20 heavy (non-hydrogen) atoms. The van der Waals surface area contributed by atoms with Gasteiger partial charge in [0.05, 0.1) is 6.61 Å². The predicted molar refractivity (Wildman–Crippen MR) is 80.6 cm³/mol. The number of hydrogen-bond acceptors (Lipinski definition) is 6. The molecule has 1 aromatic rings. The summed E-state index contributed by atoms with van der Waals surface area (Å²) in [4.78, 5) is 28.0. The van der Waals surface area contributed by atoms with Crippen molar-refractivity contribution in [3.05, 3.63) is 10.6 Å². The maximum absolute atomic E-state index is 11.8. The van der Waals surface area contributed by atoms with Gasteiger partial charge in [0, 0.05) is 13.0 Å². The van der Waals surface area contributed by atoms with Gasteiger partial charge >= 0.3 is 5.97 Å². The van der Waals surface area contributed by atoms with E-state index in [1.54, 1.807) is 6.92 Å². The van der Waals surface area contributed by atoms with Crippen molar-refractivity contribution in [2.24, 2.45) is 5.92 Å². The van der Waals surface area contributed by atoms with Gasteiger partial charge in [0.2, 0.25) is 0 Å². The van der Waals surface area contributed by atoms with Gasteiger partial charge in [-0.2, -0.15) is 0 Å². The minimum Gasteiger partial charge on any atom is -0.461 e. The Morgan fingerprint density at radius 1 is 1.35 bits per heavy atom. The summed E-state index contributed by atoms with van der Waals surface area (Å²) in [5.74, 6) is -0.237. The molecule has 0 fully saturated rings. The molecule has 0 aliphatic heterocycles. The SMILES string of the molecule is CCOC(=O)c1nc(NC(C)C(C)CC)sc1C(C)=O. The van der Waals surface area contributed by atoms with E-state index < -0.39 is 5.97 Å². The summed E-state index contributed by atoms with van der Waals surface area (Å²) in [5, 5.41) is 3.84. The van der Waals surface area contributed by atoms with Crippen LogP contribution in [0.5, 0.6) is 0 Å². The van der Waals surface area contributed by atoms with E-state index in [-0.39, 0.29) is 24.1 Å². The lowest BCUT2D eigenvalue weighted by atomic mass is 10.0. The molecular weight excluding hydrogens is 276 g/mol. The van der Waals surface area contributed by atoms with E-state index in [9.17, 15) is 9.59 Å². The fourth-order valence-corrected chi connectivity index (χ4v) is 2.59. The first-order valence-electron chi connectivity index (χ1n) is 6.86. The molecule has 0 saturated carbocycles. The zero-order chi connectivity index (χ0) is 15.3. The second-order valence-corrected chi connectivity index (χ2v) is 5.79. The number of ether oxygens (including phenoxy) is 1. The number of hydrogen-bond donors (Lipinski definition) is 1. The van der Waals surface area contributed by atoms with Crippen LogP contribution < -0.4 is 5.32 Å². The summed E-state index contributed by atoms with van der Waals surface area (Å²) in [5.41, 5.74) is 0.114. The van der Waals surface area contributed by atoms with Crippen LogP contribution in [0, 0.1) is 5.92 Å². The first-order valence-corrected chi connectivity index (χ1v) is 7.67. The molecule has 0 spiro atoms. The Kier molecular flexibility index (Phi) is 6.13. The Bertz CT molecular complexity index is 485. The van der Waals surface area contributed by atoms with E-state index >= 15 is 0 Å². The molecule has 0 amide bonds. The van der Waals surface area contributed by atoms with Crippen molar-refractivity contribution in [3.8, 4) is 0 Å². The molecule has 1 aromatic heterocycles. The molecule has 6 heteroatoms. The van der Waals surface area contributed by atoms with E-state index in [0.717, 1.165) is 6.42 Å². The molecule has 1 heterocycles. The Balaban J connectivity index is 2.97. The number of aromatic nitrogens is 1. The van der Waals surface area contributed by atoms with E-state index in [4.69, 9.17) is 4.74 Å². The standard InChI is InChI=1S/C14H22N2O3S/c1-6-8(3)9(4)15-14-16-11(13(18)19-7-2)12(20-14)10(5)17/h8-9H,6-7H2,1-5H3,(H,15,16). The van der Waals surface area contributed by atoms with Gasteiger partial charge in [-0.05, 0) is 19.8 Å². The number of ketones is 1. The molecule has 1 rings (SSSR count). The topological polar surface area (TPSA) is 68.3 Å². The Morgan fingerprint density at radius 2 is 2.00 bits per heavy atom. The van der Waals surface area contributed by atoms with Crippen LogP contribution >= 0.6 is 11.3 Å².